The van der Waals surface area contributed by atoms with Gasteiger partial charge in [-0.2, -0.15) is 8.42 Å². The lowest BCUT2D eigenvalue weighted by atomic mass is 10.7. The summed E-state index contributed by atoms with van der Waals surface area (Å²) in [6.07, 6.45) is 0.210. The second kappa shape index (κ2) is 7.20. The summed E-state index contributed by atoms with van der Waals surface area (Å²) in [4.78, 5) is 11.6. The lowest BCUT2D eigenvalue weighted by Crippen LogP contribution is -2.32. The number of rotatable bonds is 8. The second-order valence-electron chi connectivity index (χ2n) is 3.27. The molecule has 108 valence electrons. The fraction of sp³-hybridized carbons (Fsp3) is 0.875. The molecule has 0 aliphatic carbocycles. The molecule has 0 spiro atoms. The van der Waals surface area contributed by atoms with Crippen molar-refractivity contribution in [3.8, 4) is 0 Å². The molecule has 0 aromatic carbocycles. The maximum atomic E-state index is 12.0. The number of hydrogen-bond donors (Lipinski definition) is 0. The fourth-order valence-electron chi connectivity index (χ4n) is 1.03. The molecule has 10 heteroatoms. The third kappa shape index (κ3) is 7.07. The van der Waals surface area contributed by atoms with Crippen LogP contribution in [0.2, 0.25) is 0 Å². The van der Waals surface area contributed by atoms with Gasteiger partial charge in [0, 0.05) is 7.05 Å². The SMILES string of the molecule is CCOP(=O)(CC(=O)N(C)OS(C)(=O)=O)OCC. The van der Waals surface area contributed by atoms with Gasteiger partial charge in [0.2, 0.25) is 0 Å². The van der Waals surface area contributed by atoms with Crippen molar-refractivity contribution in [2.75, 3.05) is 32.7 Å². The molecule has 0 saturated heterocycles. The van der Waals surface area contributed by atoms with E-state index in [4.69, 9.17) is 9.05 Å². The van der Waals surface area contributed by atoms with Crippen molar-refractivity contribution in [3.63, 3.8) is 0 Å². The summed E-state index contributed by atoms with van der Waals surface area (Å²) >= 11 is 0. The smallest absolute Gasteiger partial charge is 0.309 e. The zero-order valence-electron chi connectivity index (χ0n) is 10.8. The molecular weight excluding hydrogens is 285 g/mol. The van der Waals surface area contributed by atoms with E-state index < -0.39 is 29.8 Å². The Morgan fingerprint density at radius 2 is 1.67 bits per heavy atom. The molecule has 18 heavy (non-hydrogen) atoms. The van der Waals surface area contributed by atoms with Crippen LogP contribution < -0.4 is 0 Å². The molecule has 0 rings (SSSR count). The second-order valence-corrected chi connectivity index (χ2v) is 6.89. The number of hydroxylamine groups is 2. The van der Waals surface area contributed by atoms with E-state index in [1.807, 2.05) is 0 Å². The summed E-state index contributed by atoms with van der Waals surface area (Å²) in [5, 5.41) is 0.486. The Balaban J connectivity index is 4.65. The van der Waals surface area contributed by atoms with Crippen LogP contribution >= 0.6 is 7.60 Å². The van der Waals surface area contributed by atoms with Crippen molar-refractivity contribution in [1.29, 1.82) is 0 Å². The number of carbonyl (C=O) groups is 1. The highest BCUT2D eigenvalue weighted by molar-refractivity contribution is 7.85. The van der Waals surface area contributed by atoms with Crippen molar-refractivity contribution >= 4 is 23.6 Å². The van der Waals surface area contributed by atoms with Crippen LogP contribution in [0.3, 0.4) is 0 Å². The van der Waals surface area contributed by atoms with E-state index in [1.165, 1.54) is 0 Å². The van der Waals surface area contributed by atoms with Crippen molar-refractivity contribution in [2.24, 2.45) is 0 Å². The molecule has 0 heterocycles. The molecule has 0 atom stereocenters. The number of carbonyl (C=O) groups excluding carboxylic acids is 1. The lowest BCUT2D eigenvalue weighted by Gasteiger charge is -2.19. The first-order chi connectivity index (χ1) is 8.13. The van der Waals surface area contributed by atoms with Crippen LogP contribution in [0.15, 0.2) is 0 Å². The van der Waals surface area contributed by atoms with Crippen molar-refractivity contribution in [1.82, 2.24) is 5.06 Å². The van der Waals surface area contributed by atoms with Gasteiger partial charge in [0.1, 0.15) is 6.16 Å². The summed E-state index contributed by atoms with van der Waals surface area (Å²) in [6, 6.07) is 0. The molecule has 0 N–H and O–H groups in total. The van der Waals surface area contributed by atoms with Gasteiger partial charge in [0.25, 0.3) is 16.0 Å². The van der Waals surface area contributed by atoms with Crippen LogP contribution in [0.4, 0.5) is 0 Å². The first-order valence-corrected chi connectivity index (χ1v) is 8.72. The van der Waals surface area contributed by atoms with Crippen LogP contribution in [0, 0.1) is 0 Å². The average molecular weight is 303 g/mol. The largest absolute Gasteiger partial charge is 0.340 e. The topological polar surface area (TPSA) is 99.2 Å². The minimum atomic E-state index is -3.81. The quantitative estimate of drug-likeness (QED) is 0.478. The van der Waals surface area contributed by atoms with Crippen LogP contribution in [-0.2, 0) is 32.8 Å². The minimum Gasteiger partial charge on any atom is -0.309 e. The Morgan fingerprint density at radius 1 is 1.22 bits per heavy atom. The lowest BCUT2D eigenvalue weighted by molar-refractivity contribution is -0.148. The van der Waals surface area contributed by atoms with Gasteiger partial charge in [-0.3, -0.25) is 9.36 Å². The van der Waals surface area contributed by atoms with E-state index in [0.29, 0.717) is 5.06 Å². The normalized spacial score (nSPS) is 12.4. The Kier molecular flexibility index (Phi) is 7.01. The van der Waals surface area contributed by atoms with Gasteiger partial charge in [0.05, 0.1) is 19.5 Å². The molecule has 0 aliphatic rings. The highest BCUT2D eigenvalue weighted by Gasteiger charge is 2.30. The Bertz CT molecular complexity index is 411. The van der Waals surface area contributed by atoms with Crippen LogP contribution in [-0.4, -0.2) is 52.1 Å². The minimum absolute atomic E-state index is 0.112. The number of nitrogens with zero attached hydrogens (tertiary/aromatic N) is 1. The standard InChI is InChI=1S/C8H18NO7PS/c1-5-14-17(11,15-6-2)7-8(10)9(3)16-18(4,12)13/h5-7H2,1-4H3. The molecule has 0 aromatic rings. The third-order valence-electron chi connectivity index (χ3n) is 1.58. The average Bonchev–Trinajstić information content (AvgIpc) is 2.14. The molecule has 0 bridgehead atoms. The van der Waals surface area contributed by atoms with Gasteiger partial charge in [-0.05, 0) is 13.8 Å². The third-order valence-corrected chi connectivity index (χ3v) is 4.03. The summed E-state index contributed by atoms with van der Waals surface area (Å²) < 4.78 is 47.8. The molecular formula is C8H18NO7PS. The van der Waals surface area contributed by atoms with E-state index in [1.54, 1.807) is 13.8 Å². The van der Waals surface area contributed by atoms with Gasteiger partial charge >= 0.3 is 7.60 Å². The molecule has 0 radical (unpaired) electrons. The maximum absolute atomic E-state index is 12.0. The summed E-state index contributed by atoms with van der Waals surface area (Å²) in [5.41, 5.74) is 0. The van der Waals surface area contributed by atoms with E-state index in [-0.39, 0.29) is 13.2 Å². The van der Waals surface area contributed by atoms with Crippen molar-refractivity contribution in [3.05, 3.63) is 0 Å². The monoisotopic (exact) mass is 303 g/mol. The summed E-state index contributed by atoms with van der Waals surface area (Å²) in [7, 11) is -6.27. The van der Waals surface area contributed by atoms with Crippen LogP contribution in [0.25, 0.3) is 0 Å². The summed E-state index contributed by atoms with van der Waals surface area (Å²) in [5.74, 6) is -0.814. The first kappa shape index (κ1) is 17.5. The van der Waals surface area contributed by atoms with Gasteiger partial charge in [-0.15, -0.1) is 4.28 Å². The molecule has 0 saturated carbocycles. The number of hydrogen-bond acceptors (Lipinski definition) is 7. The molecule has 0 aliphatic heterocycles. The fourth-order valence-corrected chi connectivity index (χ4v) is 3.10. The highest BCUT2D eigenvalue weighted by Crippen LogP contribution is 2.47. The highest BCUT2D eigenvalue weighted by atomic mass is 32.2. The molecule has 8 nitrogen and oxygen atoms in total. The zero-order chi connectivity index (χ0) is 14.4. The molecule has 0 aromatic heterocycles. The first-order valence-electron chi connectivity index (χ1n) is 5.17. The van der Waals surface area contributed by atoms with Crippen molar-refractivity contribution < 1.29 is 31.1 Å². The van der Waals surface area contributed by atoms with Gasteiger partial charge in [0.15, 0.2) is 0 Å². The van der Waals surface area contributed by atoms with Crippen LogP contribution in [0.1, 0.15) is 13.8 Å². The van der Waals surface area contributed by atoms with E-state index in [9.17, 15) is 17.8 Å². The zero-order valence-corrected chi connectivity index (χ0v) is 12.5. The van der Waals surface area contributed by atoms with Gasteiger partial charge < -0.3 is 9.05 Å². The Labute approximate surface area is 107 Å². The number of amides is 1. The van der Waals surface area contributed by atoms with E-state index >= 15 is 0 Å². The summed E-state index contributed by atoms with van der Waals surface area (Å²) in [6.45, 7) is 3.43. The van der Waals surface area contributed by atoms with Crippen molar-refractivity contribution in [2.45, 2.75) is 13.8 Å². The molecule has 0 unspecified atom stereocenters. The van der Waals surface area contributed by atoms with Crippen LogP contribution in [0.5, 0.6) is 0 Å². The predicted molar refractivity (Wildman–Crippen MR) is 64.4 cm³/mol. The van der Waals surface area contributed by atoms with E-state index in [2.05, 4.69) is 4.28 Å². The molecule has 0 fully saturated rings. The Morgan fingerprint density at radius 3 is 2.00 bits per heavy atom. The van der Waals surface area contributed by atoms with E-state index in [0.717, 1.165) is 13.3 Å². The van der Waals surface area contributed by atoms with Gasteiger partial charge in [-0.1, -0.05) is 0 Å². The Hall–Kier alpha value is -0.470. The maximum Gasteiger partial charge on any atom is 0.340 e. The van der Waals surface area contributed by atoms with Gasteiger partial charge in [-0.25, -0.2) is 5.06 Å². The molecule has 1 amide bonds. The predicted octanol–water partition coefficient (Wildman–Crippen LogP) is 0.602.